The van der Waals surface area contributed by atoms with Crippen LogP contribution in [-0.2, 0) is 4.74 Å². The summed E-state index contributed by atoms with van der Waals surface area (Å²) in [6, 6.07) is 22.4. The summed E-state index contributed by atoms with van der Waals surface area (Å²) in [6.07, 6.45) is -1.07. The van der Waals surface area contributed by atoms with E-state index in [1.165, 1.54) is 24.3 Å². The zero-order valence-corrected chi connectivity index (χ0v) is 13.3. The molecule has 0 aliphatic carbocycles. The minimum Gasteiger partial charge on any atom is -0.445 e. The molecule has 0 saturated carbocycles. The average Bonchev–Trinajstić information content (AvgIpc) is 2.67. The van der Waals surface area contributed by atoms with E-state index in [-0.39, 0.29) is 11.3 Å². The Balaban J connectivity index is 1.90. The first kappa shape index (κ1) is 16.6. The fourth-order valence-corrected chi connectivity index (χ4v) is 2.42. The van der Waals surface area contributed by atoms with Crippen LogP contribution in [0.3, 0.4) is 0 Å². The quantitative estimate of drug-likeness (QED) is 0.506. The van der Waals surface area contributed by atoms with E-state index in [0.717, 1.165) is 0 Å². The highest BCUT2D eigenvalue weighted by molar-refractivity contribution is 6.02. The van der Waals surface area contributed by atoms with Gasteiger partial charge in [0, 0.05) is 11.1 Å². The van der Waals surface area contributed by atoms with Crippen LogP contribution < -0.4 is 0 Å². The second-order valence-electron chi connectivity index (χ2n) is 5.43. The standard InChI is InChI=1S/C21H15FO3/c22-18-13-11-17(12-14-18)21(24)25-20(16-9-5-2-6-10-16)19(23)15-7-3-1-4-8-15/h1-14,20H/t20-/m0/s1. The average molecular weight is 334 g/mol. The number of carbonyl (C=O) groups is 2. The topological polar surface area (TPSA) is 43.4 Å². The van der Waals surface area contributed by atoms with E-state index in [0.29, 0.717) is 11.1 Å². The van der Waals surface area contributed by atoms with Gasteiger partial charge < -0.3 is 4.74 Å². The number of carbonyl (C=O) groups excluding carboxylic acids is 2. The first-order valence-electron chi connectivity index (χ1n) is 7.76. The van der Waals surface area contributed by atoms with E-state index in [9.17, 15) is 14.0 Å². The smallest absolute Gasteiger partial charge is 0.339 e. The molecule has 3 nitrogen and oxygen atoms in total. The molecule has 3 aromatic rings. The maximum absolute atomic E-state index is 13.0. The predicted molar refractivity (Wildman–Crippen MR) is 91.8 cm³/mol. The highest BCUT2D eigenvalue weighted by Crippen LogP contribution is 2.24. The summed E-state index contributed by atoms with van der Waals surface area (Å²) in [5, 5.41) is 0. The van der Waals surface area contributed by atoms with Crippen LogP contribution in [0.2, 0.25) is 0 Å². The number of rotatable bonds is 5. The van der Waals surface area contributed by atoms with Crippen LogP contribution in [-0.4, -0.2) is 11.8 Å². The SMILES string of the molecule is O=C(O[C@H](C(=O)c1ccccc1)c1ccccc1)c1ccc(F)cc1. The molecule has 0 aliphatic heterocycles. The Bertz CT molecular complexity index is 859. The van der Waals surface area contributed by atoms with E-state index in [1.807, 2.05) is 6.07 Å². The van der Waals surface area contributed by atoms with Crippen LogP contribution >= 0.6 is 0 Å². The molecule has 0 spiro atoms. The van der Waals surface area contributed by atoms with Crippen molar-refractivity contribution >= 4 is 11.8 Å². The van der Waals surface area contributed by atoms with Crippen LogP contribution in [0.5, 0.6) is 0 Å². The van der Waals surface area contributed by atoms with E-state index in [2.05, 4.69) is 0 Å². The van der Waals surface area contributed by atoms with Crippen LogP contribution in [0.25, 0.3) is 0 Å². The van der Waals surface area contributed by atoms with Gasteiger partial charge in [0.05, 0.1) is 5.56 Å². The van der Waals surface area contributed by atoms with E-state index >= 15 is 0 Å². The Labute approximate surface area is 144 Å². The lowest BCUT2D eigenvalue weighted by Gasteiger charge is -2.17. The fraction of sp³-hybridized carbons (Fsp3) is 0.0476. The third-order valence-corrected chi connectivity index (χ3v) is 3.70. The second-order valence-corrected chi connectivity index (χ2v) is 5.43. The van der Waals surface area contributed by atoms with Gasteiger partial charge >= 0.3 is 5.97 Å². The Kier molecular flexibility index (Phi) is 5.00. The van der Waals surface area contributed by atoms with Crippen LogP contribution in [0.1, 0.15) is 32.4 Å². The molecule has 0 aromatic heterocycles. The van der Waals surface area contributed by atoms with Crippen molar-refractivity contribution in [2.75, 3.05) is 0 Å². The van der Waals surface area contributed by atoms with Gasteiger partial charge in [-0.25, -0.2) is 9.18 Å². The maximum Gasteiger partial charge on any atom is 0.339 e. The summed E-state index contributed by atoms with van der Waals surface area (Å²) in [6.45, 7) is 0. The van der Waals surface area contributed by atoms with Crippen molar-refractivity contribution in [1.82, 2.24) is 0 Å². The Hall–Kier alpha value is -3.27. The molecule has 124 valence electrons. The van der Waals surface area contributed by atoms with Gasteiger partial charge in [-0.15, -0.1) is 0 Å². The second kappa shape index (κ2) is 7.53. The van der Waals surface area contributed by atoms with Crippen molar-refractivity contribution in [2.45, 2.75) is 6.10 Å². The molecule has 0 heterocycles. The lowest BCUT2D eigenvalue weighted by molar-refractivity contribution is 0.0280. The van der Waals surface area contributed by atoms with Crippen molar-refractivity contribution < 1.29 is 18.7 Å². The van der Waals surface area contributed by atoms with Gasteiger partial charge in [0.15, 0.2) is 6.10 Å². The number of ether oxygens (including phenoxy) is 1. The summed E-state index contributed by atoms with van der Waals surface area (Å²) in [4.78, 5) is 25.2. The fourth-order valence-electron chi connectivity index (χ4n) is 2.42. The number of esters is 1. The summed E-state index contributed by atoms with van der Waals surface area (Å²) < 4.78 is 18.5. The van der Waals surface area contributed by atoms with Gasteiger partial charge in [0.1, 0.15) is 5.82 Å². The first-order valence-corrected chi connectivity index (χ1v) is 7.76. The molecule has 0 saturated heterocycles. The third-order valence-electron chi connectivity index (χ3n) is 3.70. The largest absolute Gasteiger partial charge is 0.445 e. The van der Waals surface area contributed by atoms with Crippen molar-refractivity contribution in [3.63, 3.8) is 0 Å². The molecular weight excluding hydrogens is 319 g/mol. The van der Waals surface area contributed by atoms with Gasteiger partial charge in [-0.2, -0.15) is 0 Å². The molecule has 0 unspecified atom stereocenters. The molecule has 1 atom stereocenters. The predicted octanol–water partition coefficient (Wildman–Crippen LogP) is 4.61. The monoisotopic (exact) mass is 334 g/mol. The molecule has 25 heavy (non-hydrogen) atoms. The molecule has 3 aromatic carbocycles. The Morgan fingerprint density at radius 1 is 0.720 bits per heavy atom. The summed E-state index contributed by atoms with van der Waals surface area (Å²) >= 11 is 0. The van der Waals surface area contributed by atoms with Gasteiger partial charge in [0.2, 0.25) is 5.78 Å². The first-order chi connectivity index (χ1) is 12.1. The van der Waals surface area contributed by atoms with Crippen molar-refractivity contribution in [2.24, 2.45) is 0 Å². The van der Waals surface area contributed by atoms with Gasteiger partial charge in [-0.05, 0) is 24.3 Å². The molecule has 0 radical (unpaired) electrons. The van der Waals surface area contributed by atoms with Crippen molar-refractivity contribution in [1.29, 1.82) is 0 Å². The number of hydrogen-bond donors (Lipinski definition) is 0. The number of ketones is 1. The molecule has 0 bridgehead atoms. The molecule has 4 heteroatoms. The maximum atomic E-state index is 13.0. The Morgan fingerprint density at radius 3 is 1.88 bits per heavy atom. The van der Waals surface area contributed by atoms with E-state index in [1.54, 1.807) is 54.6 Å². The van der Waals surface area contributed by atoms with E-state index < -0.39 is 17.9 Å². The minimum absolute atomic E-state index is 0.184. The third kappa shape index (κ3) is 3.98. The van der Waals surface area contributed by atoms with Crippen LogP contribution in [0.15, 0.2) is 84.9 Å². The normalized spacial score (nSPS) is 11.6. The lowest BCUT2D eigenvalue weighted by Crippen LogP contribution is -2.20. The Morgan fingerprint density at radius 2 is 1.28 bits per heavy atom. The molecule has 0 amide bonds. The zero-order valence-electron chi connectivity index (χ0n) is 13.3. The molecule has 0 N–H and O–H groups in total. The summed E-state index contributed by atoms with van der Waals surface area (Å²) in [5.41, 5.74) is 1.21. The van der Waals surface area contributed by atoms with Gasteiger partial charge in [-0.3, -0.25) is 4.79 Å². The molecule has 3 rings (SSSR count). The lowest BCUT2D eigenvalue weighted by atomic mass is 10.00. The van der Waals surface area contributed by atoms with Crippen LogP contribution in [0, 0.1) is 5.82 Å². The molecule has 0 fully saturated rings. The van der Waals surface area contributed by atoms with E-state index in [4.69, 9.17) is 4.74 Å². The number of benzene rings is 3. The molecular formula is C21H15FO3. The summed E-state index contributed by atoms with van der Waals surface area (Å²) in [5.74, 6) is -1.45. The zero-order chi connectivity index (χ0) is 17.6. The van der Waals surface area contributed by atoms with Crippen molar-refractivity contribution in [3.05, 3.63) is 107 Å². The molecule has 0 aliphatic rings. The van der Waals surface area contributed by atoms with Gasteiger partial charge in [-0.1, -0.05) is 60.7 Å². The number of halogens is 1. The highest BCUT2D eigenvalue weighted by Gasteiger charge is 2.26. The van der Waals surface area contributed by atoms with Crippen molar-refractivity contribution in [3.8, 4) is 0 Å². The number of hydrogen-bond acceptors (Lipinski definition) is 3. The summed E-state index contributed by atoms with van der Waals surface area (Å²) in [7, 11) is 0. The number of Topliss-reactive ketones (excluding diaryl/α,β-unsaturated/α-hetero) is 1. The highest BCUT2D eigenvalue weighted by atomic mass is 19.1. The van der Waals surface area contributed by atoms with Gasteiger partial charge in [0.25, 0.3) is 0 Å². The minimum atomic E-state index is -1.07. The van der Waals surface area contributed by atoms with Crippen LogP contribution in [0.4, 0.5) is 4.39 Å².